The lowest BCUT2D eigenvalue weighted by atomic mass is 9.91. The molecule has 90 valence electrons. The Bertz CT molecular complexity index is 472. The van der Waals surface area contributed by atoms with Crippen LogP contribution in [0.3, 0.4) is 0 Å². The number of methoxy groups -OCH3 is 1. The Hall–Kier alpha value is -1.49. The van der Waals surface area contributed by atoms with Crippen molar-refractivity contribution in [3.63, 3.8) is 0 Å². The van der Waals surface area contributed by atoms with Gasteiger partial charge in [0.1, 0.15) is 5.75 Å². The van der Waals surface area contributed by atoms with Gasteiger partial charge in [-0.15, -0.1) is 0 Å². The molecular weight excluding hydrogens is 210 g/mol. The quantitative estimate of drug-likeness (QED) is 0.793. The molecule has 1 saturated carbocycles. The summed E-state index contributed by atoms with van der Waals surface area (Å²) < 4.78 is 5.46. The first-order valence-corrected chi connectivity index (χ1v) is 6.15. The summed E-state index contributed by atoms with van der Waals surface area (Å²) in [6.07, 6.45) is 0.945. The van der Waals surface area contributed by atoms with Crippen molar-refractivity contribution >= 4 is 0 Å². The number of nitrogens with zero attached hydrogens (tertiary/aromatic N) is 1. The highest BCUT2D eigenvalue weighted by Gasteiger charge is 2.54. The van der Waals surface area contributed by atoms with Crippen LogP contribution in [0.5, 0.6) is 5.75 Å². The lowest BCUT2D eigenvalue weighted by molar-refractivity contribution is 0.405. The Morgan fingerprint density at radius 2 is 2.12 bits per heavy atom. The third kappa shape index (κ3) is 1.80. The molecule has 0 aromatic heterocycles. The SMILES string of the molecule is COc1cc(C(C)C)ccc1C1(C#N)CC1C. The van der Waals surface area contributed by atoms with Gasteiger partial charge in [0.05, 0.1) is 18.6 Å². The highest BCUT2D eigenvalue weighted by Crippen LogP contribution is 2.56. The second kappa shape index (κ2) is 4.07. The fourth-order valence-corrected chi connectivity index (χ4v) is 2.45. The van der Waals surface area contributed by atoms with Gasteiger partial charge in [0.25, 0.3) is 0 Å². The average Bonchev–Trinajstić information content (AvgIpc) is 3.00. The van der Waals surface area contributed by atoms with E-state index in [0.717, 1.165) is 17.7 Å². The Morgan fingerprint density at radius 3 is 2.53 bits per heavy atom. The van der Waals surface area contributed by atoms with Crippen LogP contribution in [-0.4, -0.2) is 7.11 Å². The molecule has 0 heterocycles. The summed E-state index contributed by atoms with van der Waals surface area (Å²) in [5.41, 5.74) is 2.01. The van der Waals surface area contributed by atoms with Gasteiger partial charge in [-0.25, -0.2) is 0 Å². The summed E-state index contributed by atoms with van der Waals surface area (Å²) >= 11 is 0. The van der Waals surface area contributed by atoms with E-state index in [4.69, 9.17) is 4.74 Å². The summed E-state index contributed by atoms with van der Waals surface area (Å²) in [7, 11) is 1.68. The lowest BCUT2D eigenvalue weighted by Gasteiger charge is -2.16. The number of ether oxygens (including phenoxy) is 1. The molecule has 0 aliphatic heterocycles. The predicted octanol–water partition coefficient (Wildman–Crippen LogP) is 3.62. The molecule has 1 aliphatic carbocycles. The predicted molar refractivity (Wildman–Crippen MR) is 68.2 cm³/mol. The molecule has 0 N–H and O–H groups in total. The smallest absolute Gasteiger partial charge is 0.123 e. The number of hydrogen-bond donors (Lipinski definition) is 0. The van der Waals surface area contributed by atoms with Crippen molar-refractivity contribution in [1.82, 2.24) is 0 Å². The minimum atomic E-state index is -0.305. The normalized spacial score (nSPS) is 26.7. The zero-order chi connectivity index (χ0) is 12.6. The fraction of sp³-hybridized carbons (Fsp3) is 0.533. The molecule has 0 radical (unpaired) electrons. The van der Waals surface area contributed by atoms with Gasteiger partial charge in [-0.1, -0.05) is 32.9 Å². The van der Waals surface area contributed by atoms with Crippen LogP contribution in [0.2, 0.25) is 0 Å². The first kappa shape index (κ1) is 12.0. The maximum atomic E-state index is 9.37. The summed E-state index contributed by atoms with van der Waals surface area (Å²) in [5.74, 6) is 1.78. The maximum absolute atomic E-state index is 9.37. The minimum Gasteiger partial charge on any atom is -0.496 e. The molecule has 2 rings (SSSR count). The fourth-order valence-electron chi connectivity index (χ4n) is 2.45. The molecule has 1 aromatic rings. The van der Waals surface area contributed by atoms with E-state index in [1.54, 1.807) is 7.11 Å². The molecule has 0 amide bonds. The minimum absolute atomic E-state index is 0.305. The Morgan fingerprint density at radius 1 is 1.47 bits per heavy atom. The summed E-state index contributed by atoms with van der Waals surface area (Å²) in [6, 6.07) is 8.72. The summed E-state index contributed by atoms with van der Waals surface area (Å²) in [4.78, 5) is 0. The van der Waals surface area contributed by atoms with Gasteiger partial charge in [-0.2, -0.15) is 5.26 Å². The first-order valence-electron chi connectivity index (χ1n) is 6.15. The number of benzene rings is 1. The zero-order valence-electron chi connectivity index (χ0n) is 10.9. The van der Waals surface area contributed by atoms with Gasteiger partial charge >= 0.3 is 0 Å². The molecule has 2 unspecified atom stereocenters. The van der Waals surface area contributed by atoms with Crippen LogP contribution < -0.4 is 4.74 Å². The summed E-state index contributed by atoms with van der Waals surface area (Å²) in [6.45, 7) is 6.45. The molecular formula is C15H19NO. The standard InChI is InChI=1S/C15H19NO/c1-10(2)12-5-6-13(14(7-12)17-4)15(9-16)8-11(15)3/h5-7,10-11H,8H2,1-4H3. The van der Waals surface area contributed by atoms with E-state index in [-0.39, 0.29) is 5.41 Å². The van der Waals surface area contributed by atoms with E-state index in [2.05, 4.69) is 45.0 Å². The molecule has 0 saturated heterocycles. The van der Waals surface area contributed by atoms with Gasteiger partial charge in [0, 0.05) is 5.56 Å². The molecule has 2 nitrogen and oxygen atoms in total. The molecule has 0 bridgehead atoms. The first-order chi connectivity index (χ1) is 8.05. The van der Waals surface area contributed by atoms with Crippen LogP contribution >= 0.6 is 0 Å². The third-order valence-electron chi connectivity index (χ3n) is 3.88. The Balaban J connectivity index is 2.46. The highest BCUT2D eigenvalue weighted by molar-refractivity contribution is 5.51. The van der Waals surface area contributed by atoms with Gasteiger partial charge < -0.3 is 4.74 Å². The van der Waals surface area contributed by atoms with Crippen LogP contribution in [0.4, 0.5) is 0 Å². The molecule has 17 heavy (non-hydrogen) atoms. The molecule has 1 aromatic carbocycles. The second-order valence-electron chi connectivity index (χ2n) is 5.30. The van der Waals surface area contributed by atoms with Crippen LogP contribution in [0.1, 0.15) is 44.2 Å². The molecule has 2 atom stereocenters. The number of hydrogen-bond acceptors (Lipinski definition) is 2. The third-order valence-corrected chi connectivity index (χ3v) is 3.88. The summed E-state index contributed by atoms with van der Waals surface area (Å²) in [5, 5.41) is 9.37. The van der Waals surface area contributed by atoms with Crippen molar-refractivity contribution in [1.29, 1.82) is 5.26 Å². The van der Waals surface area contributed by atoms with Gasteiger partial charge in [-0.05, 0) is 29.9 Å². The van der Waals surface area contributed by atoms with Gasteiger partial charge in [-0.3, -0.25) is 0 Å². The van der Waals surface area contributed by atoms with Crippen LogP contribution in [0.15, 0.2) is 18.2 Å². The van der Waals surface area contributed by atoms with Crippen molar-refractivity contribution in [2.24, 2.45) is 5.92 Å². The number of nitriles is 1. The van der Waals surface area contributed by atoms with Crippen LogP contribution in [-0.2, 0) is 5.41 Å². The zero-order valence-corrected chi connectivity index (χ0v) is 10.9. The highest BCUT2D eigenvalue weighted by atomic mass is 16.5. The van der Waals surface area contributed by atoms with E-state index in [1.165, 1.54) is 5.56 Å². The molecule has 0 spiro atoms. The van der Waals surface area contributed by atoms with E-state index in [0.29, 0.717) is 11.8 Å². The van der Waals surface area contributed by atoms with Crippen molar-refractivity contribution in [2.45, 2.75) is 38.5 Å². The maximum Gasteiger partial charge on any atom is 0.123 e. The van der Waals surface area contributed by atoms with E-state index < -0.39 is 0 Å². The van der Waals surface area contributed by atoms with E-state index in [1.807, 2.05) is 0 Å². The van der Waals surface area contributed by atoms with Gasteiger partial charge in [0.2, 0.25) is 0 Å². The largest absolute Gasteiger partial charge is 0.496 e. The topological polar surface area (TPSA) is 33.0 Å². The van der Waals surface area contributed by atoms with Crippen LogP contribution in [0.25, 0.3) is 0 Å². The monoisotopic (exact) mass is 229 g/mol. The van der Waals surface area contributed by atoms with Crippen LogP contribution in [0, 0.1) is 17.2 Å². The van der Waals surface area contributed by atoms with E-state index in [9.17, 15) is 5.26 Å². The molecule has 1 aliphatic rings. The number of rotatable bonds is 3. The van der Waals surface area contributed by atoms with E-state index >= 15 is 0 Å². The van der Waals surface area contributed by atoms with Crippen molar-refractivity contribution in [3.05, 3.63) is 29.3 Å². The van der Waals surface area contributed by atoms with Crippen molar-refractivity contribution in [3.8, 4) is 11.8 Å². The lowest BCUT2D eigenvalue weighted by Crippen LogP contribution is -2.08. The van der Waals surface area contributed by atoms with Crippen molar-refractivity contribution < 1.29 is 4.74 Å². The van der Waals surface area contributed by atoms with Gasteiger partial charge in [0.15, 0.2) is 0 Å². The average molecular weight is 229 g/mol. The second-order valence-corrected chi connectivity index (χ2v) is 5.30. The van der Waals surface area contributed by atoms with Crippen molar-refractivity contribution in [2.75, 3.05) is 7.11 Å². The Kier molecular flexibility index (Phi) is 2.87. The molecule has 1 fully saturated rings. The molecule has 2 heteroatoms. The Labute approximate surface area is 103 Å².